The van der Waals surface area contributed by atoms with Gasteiger partial charge in [-0.05, 0) is 30.3 Å². The lowest BCUT2D eigenvalue weighted by molar-refractivity contribution is -0.255. The van der Waals surface area contributed by atoms with Crippen LogP contribution in [-0.2, 0) is 10.1 Å². The number of carboxylic acids is 1. The molecule has 0 aliphatic heterocycles. The van der Waals surface area contributed by atoms with Gasteiger partial charge in [-0.1, -0.05) is 0 Å². The van der Waals surface area contributed by atoms with E-state index in [0.717, 1.165) is 0 Å². The molecule has 0 amide bonds. The van der Waals surface area contributed by atoms with E-state index in [1.807, 2.05) is 0 Å². The molecule has 1 aromatic heterocycles. The monoisotopic (exact) mass is 267 g/mol. The van der Waals surface area contributed by atoms with Gasteiger partial charge in [-0.3, -0.25) is 4.55 Å². The molecule has 0 atom stereocenters. The first kappa shape index (κ1) is 12.3. The average molecular weight is 267 g/mol. The Morgan fingerprint density at radius 2 is 1.83 bits per heavy atom. The van der Waals surface area contributed by atoms with Crippen molar-refractivity contribution < 1.29 is 22.9 Å². The van der Waals surface area contributed by atoms with Gasteiger partial charge in [-0.15, -0.1) is 0 Å². The zero-order valence-electron chi connectivity index (χ0n) is 8.85. The first-order chi connectivity index (χ1) is 8.38. The smallest absolute Gasteiger partial charge is 0.294 e. The number of carbonyl (C=O) groups excluding carboxylic acids is 1. The molecule has 0 saturated carbocycles. The van der Waals surface area contributed by atoms with Gasteiger partial charge in [0.1, 0.15) is 5.69 Å². The molecule has 0 saturated heterocycles. The lowest BCUT2D eigenvalue weighted by Crippen LogP contribution is -2.22. The van der Waals surface area contributed by atoms with Crippen molar-refractivity contribution in [3.63, 3.8) is 0 Å². The van der Waals surface area contributed by atoms with Crippen LogP contribution in [0.5, 0.6) is 0 Å². The quantitative estimate of drug-likeness (QED) is 0.749. The third-order valence-electron chi connectivity index (χ3n) is 2.20. The molecule has 0 aliphatic carbocycles. The van der Waals surface area contributed by atoms with Crippen LogP contribution in [0.25, 0.3) is 5.69 Å². The molecule has 7 nitrogen and oxygen atoms in total. The maximum atomic E-state index is 10.8. The lowest BCUT2D eigenvalue weighted by Gasteiger charge is -2.02. The summed E-state index contributed by atoms with van der Waals surface area (Å²) in [6, 6.07) is 6.40. The van der Waals surface area contributed by atoms with Gasteiger partial charge in [-0.2, -0.15) is 13.5 Å². The highest BCUT2D eigenvalue weighted by Gasteiger charge is 2.09. The Morgan fingerprint density at radius 3 is 2.28 bits per heavy atom. The third kappa shape index (κ3) is 2.39. The second kappa shape index (κ2) is 4.24. The van der Waals surface area contributed by atoms with E-state index in [9.17, 15) is 18.3 Å². The predicted octanol–water partition coefficient (Wildman–Crippen LogP) is -0.518. The van der Waals surface area contributed by atoms with Crippen LogP contribution in [0.15, 0.2) is 41.4 Å². The number of benzene rings is 1. The van der Waals surface area contributed by atoms with Crippen molar-refractivity contribution >= 4 is 16.1 Å². The molecule has 0 aliphatic rings. The highest BCUT2D eigenvalue weighted by Crippen LogP contribution is 2.13. The lowest BCUT2D eigenvalue weighted by atomic mass is 10.3. The summed E-state index contributed by atoms with van der Waals surface area (Å²) >= 11 is 0. The summed E-state index contributed by atoms with van der Waals surface area (Å²) in [5.74, 6) is -1.40. The van der Waals surface area contributed by atoms with E-state index in [0.29, 0.717) is 5.69 Å². The normalized spacial score (nSPS) is 11.4. The van der Waals surface area contributed by atoms with E-state index in [4.69, 9.17) is 4.55 Å². The van der Waals surface area contributed by atoms with Crippen LogP contribution in [0.2, 0.25) is 0 Å². The zero-order valence-corrected chi connectivity index (χ0v) is 9.66. The van der Waals surface area contributed by atoms with E-state index < -0.39 is 16.1 Å². The average Bonchev–Trinajstić information content (AvgIpc) is 2.77. The standard InChI is InChI=1S/C10H8N2O5S/c13-10(14)9-5-6-12(11-9)7-1-3-8(4-2-7)18(15,16)17/h1-6H,(H,13,14)(H,15,16,17)/p-1. The fraction of sp³-hybridized carbons (Fsp3) is 0. The molecule has 8 heteroatoms. The molecule has 1 heterocycles. The number of aromatic nitrogens is 2. The minimum Gasteiger partial charge on any atom is -0.543 e. The van der Waals surface area contributed by atoms with Crippen molar-refractivity contribution in [3.8, 4) is 5.69 Å². The van der Waals surface area contributed by atoms with Crippen LogP contribution in [-0.4, -0.2) is 28.7 Å². The minimum absolute atomic E-state index is 0.228. The van der Waals surface area contributed by atoms with Crippen LogP contribution < -0.4 is 5.11 Å². The van der Waals surface area contributed by atoms with Gasteiger partial charge in [0, 0.05) is 6.20 Å². The number of carbonyl (C=O) groups is 1. The molecule has 0 radical (unpaired) electrons. The van der Waals surface area contributed by atoms with E-state index in [1.165, 1.54) is 41.2 Å². The van der Waals surface area contributed by atoms with Crippen molar-refractivity contribution in [1.82, 2.24) is 9.78 Å². The molecule has 0 unspecified atom stereocenters. The number of hydrogen-bond donors (Lipinski definition) is 1. The molecule has 2 aromatic rings. The fourth-order valence-corrected chi connectivity index (χ4v) is 1.83. The summed E-state index contributed by atoms with van der Waals surface area (Å²) in [5, 5.41) is 14.2. The first-order valence-corrected chi connectivity index (χ1v) is 6.17. The van der Waals surface area contributed by atoms with Gasteiger partial charge in [0.25, 0.3) is 10.1 Å². The van der Waals surface area contributed by atoms with Gasteiger partial charge >= 0.3 is 0 Å². The van der Waals surface area contributed by atoms with Crippen LogP contribution in [0, 0.1) is 0 Å². The number of aromatic carboxylic acids is 1. The zero-order chi connectivity index (χ0) is 13.3. The van der Waals surface area contributed by atoms with Gasteiger partial charge < -0.3 is 9.90 Å². The summed E-state index contributed by atoms with van der Waals surface area (Å²) in [5.41, 5.74) is 0.226. The second-order valence-electron chi connectivity index (χ2n) is 3.40. The molecule has 1 aromatic carbocycles. The summed E-state index contributed by atoms with van der Waals surface area (Å²) in [4.78, 5) is 10.3. The Balaban J connectivity index is 2.37. The molecule has 94 valence electrons. The Kier molecular flexibility index (Phi) is 2.89. The molecule has 0 fully saturated rings. The molecule has 18 heavy (non-hydrogen) atoms. The van der Waals surface area contributed by atoms with Crippen LogP contribution in [0.4, 0.5) is 0 Å². The molecule has 2 rings (SSSR count). The van der Waals surface area contributed by atoms with Crippen molar-refractivity contribution in [2.45, 2.75) is 4.90 Å². The SMILES string of the molecule is O=C([O-])c1ccn(-c2ccc(S(=O)(=O)O)cc2)n1. The molecule has 1 N–H and O–H groups in total. The topological polar surface area (TPSA) is 112 Å². The van der Waals surface area contributed by atoms with E-state index >= 15 is 0 Å². The number of rotatable bonds is 3. The van der Waals surface area contributed by atoms with Crippen molar-refractivity contribution in [2.75, 3.05) is 0 Å². The largest absolute Gasteiger partial charge is 0.543 e. The molecular weight excluding hydrogens is 260 g/mol. The van der Waals surface area contributed by atoms with Crippen molar-refractivity contribution in [3.05, 3.63) is 42.2 Å². The Bertz CT molecular complexity index is 687. The molecular formula is C10H7N2O5S-. The van der Waals surface area contributed by atoms with Crippen LogP contribution >= 0.6 is 0 Å². The highest BCUT2D eigenvalue weighted by atomic mass is 32.2. The maximum absolute atomic E-state index is 10.8. The summed E-state index contributed by atoms with van der Waals surface area (Å²) in [7, 11) is -4.24. The number of carboxylic acid groups (broad SMARTS) is 1. The first-order valence-electron chi connectivity index (χ1n) is 4.73. The van der Waals surface area contributed by atoms with E-state index in [-0.39, 0.29) is 10.6 Å². The van der Waals surface area contributed by atoms with E-state index in [1.54, 1.807) is 0 Å². The summed E-state index contributed by atoms with van der Waals surface area (Å²) in [6.07, 6.45) is 1.40. The molecule has 0 spiro atoms. The predicted molar refractivity (Wildman–Crippen MR) is 57.7 cm³/mol. The Labute approximate surface area is 102 Å². The van der Waals surface area contributed by atoms with Crippen molar-refractivity contribution in [1.29, 1.82) is 0 Å². The number of hydrogen-bond acceptors (Lipinski definition) is 5. The van der Waals surface area contributed by atoms with Gasteiger partial charge in [0.2, 0.25) is 0 Å². The molecule has 0 bridgehead atoms. The summed E-state index contributed by atoms with van der Waals surface area (Å²) in [6.45, 7) is 0. The van der Waals surface area contributed by atoms with Crippen LogP contribution in [0.3, 0.4) is 0 Å². The van der Waals surface area contributed by atoms with Gasteiger partial charge in [-0.25, -0.2) is 4.68 Å². The van der Waals surface area contributed by atoms with Crippen molar-refractivity contribution in [2.24, 2.45) is 0 Å². The Morgan fingerprint density at radius 1 is 1.22 bits per heavy atom. The fourth-order valence-electron chi connectivity index (χ4n) is 1.35. The second-order valence-corrected chi connectivity index (χ2v) is 4.82. The Hall–Kier alpha value is -2.19. The van der Waals surface area contributed by atoms with Gasteiger partial charge in [0.15, 0.2) is 0 Å². The minimum atomic E-state index is -4.24. The van der Waals surface area contributed by atoms with E-state index in [2.05, 4.69) is 5.10 Å². The third-order valence-corrected chi connectivity index (χ3v) is 3.07. The summed E-state index contributed by atoms with van der Waals surface area (Å²) < 4.78 is 31.7. The highest BCUT2D eigenvalue weighted by molar-refractivity contribution is 7.85. The van der Waals surface area contributed by atoms with Crippen LogP contribution in [0.1, 0.15) is 10.5 Å². The number of nitrogens with zero attached hydrogens (tertiary/aromatic N) is 2. The van der Waals surface area contributed by atoms with Gasteiger partial charge in [0.05, 0.1) is 16.6 Å². The maximum Gasteiger partial charge on any atom is 0.294 e.